The van der Waals surface area contributed by atoms with Gasteiger partial charge in [0.1, 0.15) is 0 Å². The van der Waals surface area contributed by atoms with Crippen molar-refractivity contribution < 1.29 is 0 Å². The van der Waals surface area contributed by atoms with Crippen LogP contribution in [0.5, 0.6) is 0 Å². The molecular weight excluding hydrogens is 230 g/mol. The minimum absolute atomic E-state index is 0.244. The zero-order valence-corrected chi connectivity index (χ0v) is 12.6. The van der Waals surface area contributed by atoms with Gasteiger partial charge >= 0.3 is 0 Å². The number of rotatable bonds is 5. The normalized spacial score (nSPS) is 20.4. The van der Waals surface area contributed by atoms with Crippen molar-refractivity contribution in [2.75, 3.05) is 0 Å². The Hall–Kier alpha value is -0.820. The summed E-state index contributed by atoms with van der Waals surface area (Å²) < 4.78 is 0. The quantitative estimate of drug-likeness (QED) is 0.818. The molecule has 1 nitrogen and oxygen atoms in total. The predicted octanol–water partition coefficient (Wildman–Crippen LogP) is 4.65. The van der Waals surface area contributed by atoms with Crippen molar-refractivity contribution in [3.05, 3.63) is 35.9 Å². The van der Waals surface area contributed by atoms with Gasteiger partial charge in [0.05, 0.1) is 0 Å². The SMILES string of the molecule is CC(C)CCC(N)C1(c2ccccc2)CCCCC1. The number of hydrogen-bond donors (Lipinski definition) is 1. The average molecular weight is 259 g/mol. The third-order valence-electron chi connectivity index (χ3n) is 4.86. The van der Waals surface area contributed by atoms with Crippen LogP contribution in [0, 0.1) is 5.92 Å². The third-order valence-corrected chi connectivity index (χ3v) is 4.86. The van der Waals surface area contributed by atoms with Crippen LogP contribution in [-0.4, -0.2) is 6.04 Å². The van der Waals surface area contributed by atoms with Gasteiger partial charge in [0.25, 0.3) is 0 Å². The molecule has 0 spiro atoms. The summed E-state index contributed by atoms with van der Waals surface area (Å²) in [7, 11) is 0. The minimum atomic E-state index is 0.244. The van der Waals surface area contributed by atoms with Crippen LogP contribution in [0.3, 0.4) is 0 Å². The smallest absolute Gasteiger partial charge is 0.0136 e. The highest BCUT2D eigenvalue weighted by Gasteiger charge is 2.38. The average Bonchev–Trinajstić information content (AvgIpc) is 2.46. The zero-order chi connectivity index (χ0) is 13.7. The Kier molecular flexibility index (Phi) is 5.04. The second kappa shape index (κ2) is 6.56. The molecular formula is C18H29N. The van der Waals surface area contributed by atoms with Gasteiger partial charge in [-0.25, -0.2) is 0 Å². The van der Waals surface area contributed by atoms with E-state index in [9.17, 15) is 0 Å². The molecule has 1 saturated carbocycles. The molecule has 1 heteroatoms. The van der Waals surface area contributed by atoms with Gasteiger partial charge in [-0.05, 0) is 37.2 Å². The molecule has 0 bridgehead atoms. The maximum Gasteiger partial charge on any atom is 0.0136 e. The molecule has 2 N–H and O–H groups in total. The number of nitrogens with two attached hydrogens (primary N) is 1. The molecule has 0 heterocycles. The van der Waals surface area contributed by atoms with E-state index < -0.39 is 0 Å². The van der Waals surface area contributed by atoms with Gasteiger partial charge in [-0.15, -0.1) is 0 Å². The van der Waals surface area contributed by atoms with Crippen molar-refractivity contribution in [1.82, 2.24) is 0 Å². The molecule has 1 aliphatic carbocycles. The summed E-state index contributed by atoms with van der Waals surface area (Å²) in [5.41, 5.74) is 8.39. The lowest BCUT2D eigenvalue weighted by molar-refractivity contribution is 0.227. The Morgan fingerprint density at radius 1 is 1.00 bits per heavy atom. The highest BCUT2D eigenvalue weighted by atomic mass is 14.7. The lowest BCUT2D eigenvalue weighted by Crippen LogP contribution is -2.47. The van der Waals surface area contributed by atoms with Crippen LogP contribution in [0.4, 0.5) is 0 Å². The van der Waals surface area contributed by atoms with E-state index >= 15 is 0 Å². The Morgan fingerprint density at radius 3 is 2.21 bits per heavy atom. The summed E-state index contributed by atoms with van der Waals surface area (Å²) in [5.74, 6) is 0.752. The molecule has 1 aromatic carbocycles. The monoisotopic (exact) mass is 259 g/mol. The molecule has 0 aromatic heterocycles. The van der Waals surface area contributed by atoms with Crippen LogP contribution in [0.15, 0.2) is 30.3 Å². The minimum Gasteiger partial charge on any atom is -0.327 e. The molecule has 2 rings (SSSR count). The molecule has 0 radical (unpaired) electrons. The molecule has 1 atom stereocenters. The zero-order valence-electron chi connectivity index (χ0n) is 12.6. The van der Waals surface area contributed by atoms with Crippen molar-refractivity contribution >= 4 is 0 Å². The Bertz CT molecular complexity index is 363. The van der Waals surface area contributed by atoms with Crippen LogP contribution < -0.4 is 5.73 Å². The summed E-state index contributed by atoms with van der Waals surface area (Å²) in [6.45, 7) is 4.59. The second-order valence-corrected chi connectivity index (χ2v) is 6.66. The highest BCUT2D eigenvalue weighted by molar-refractivity contribution is 5.28. The van der Waals surface area contributed by atoms with Gasteiger partial charge in [-0.3, -0.25) is 0 Å². The molecule has 19 heavy (non-hydrogen) atoms. The third kappa shape index (κ3) is 3.39. The Balaban J connectivity index is 2.19. The summed E-state index contributed by atoms with van der Waals surface area (Å²) in [4.78, 5) is 0. The second-order valence-electron chi connectivity index (χ2n) is 6.66. The molecule has 1 unspecified atom stereocenters. The topological polar surface area (TPSA) is 26.0 Å². The van der Waals surface area contributed by atoms with Crippen molar-refractivity contribution in [2.24, 2.45) is 11.7 Å². The fraction of sp³-hybridized carbons (Fsp3) is 0.667. The van der Waals surface area contributed by atoms with E-state index in [1.165, 1.54) is 44.1 Å². The molecule has 106 valence electrons. The molecule has 0 amide bonds. The fourth-order valence-corrected chi connectivity index (χ4v) is 3.62. The maximum atomic E-state index is 6.66. The predicted molar refractivity (Wildman–Crippen MR) is 83.3 cm³/mol. The molecule has 1 fully saturated rings. The van der Waals surface area contributed by atoms with E-state index in [-0.39, 0.29) is 5.41 Å². The summed E-state index contributed by atoms with van der Waals surface area (Å²) in [6, 6.07) is 11.3. The van der Waals surface area contributed by atoms with E-state index in [0.29, 0.717) is 6.04 Å². The van der Waals surface area contributed by atoms with Crippen LogP contribution >= 0.6 is 0 Å². The van der Waals surface area contributed by atoms with Crippen LogP contribution in [-0.2, 0) is 5.41 Å². The summed E-state index contributed by atoms with van der Waals surface area (Å²) in [5, 5.41) is 0. The van der Waals surface area contributed by atoms with Crippen LogP contribution in [0.1, 0.15) is 64.4 Å². The first-order valence-electron chi connectivity index (χ1n) is 7.96. The molecule has 1 aliphatic rings. The number of benzene rings is 1. The molecule has 0 aliphatic heterocycles. The van der Waals surface area contributed by atoms with Gasteiger partial charge < -0.3 is 5.73 Å². The van der Waals surface area contributed by atoms with Crippen molar-refractivity contribution in [2.45, 2.75) is 70.3 Å². The molecule has 0 saturated heterocycles. The first-order chi connectivity index (χ1) is 9.15. The molecule has 1 aromatic rings. The van der Waals surface area contributed by atoms with E-state index in [1.54, 1.807) is 0 Å². The summed E-state index contributed by atoms with van der Waals surface area (Å²) >= 11 is 0. The van der Waals surface area contributed by atoms with Gasteiger partial charge in [-0.2, -0.15) is 0 Å². The van der Waals surface area contributed by atoms with E-state index in [0.717, 1.165) is 12.3 Å². The Morgan fingerprint density at radius 2 is 1.63 bits per heavy atom. The fourth-order valence-electron chi connectivity index (χ4n) is 3.62. The van der Waals surface area contributed by atoms with Gasteiger partial charge in [0.2, 0.25) is 0 Å². The Labute approximate surface area is 118 Å². The van der Waals surface area contributed by atoms with E-state index in [2.05, 4.69) is 44.2 Å². The van der Waals surface area contributed by atoms with Crippen molar-refractivity contribution in [3.63, 3.8) is 0 Å². The van der Waals surface area contributed by atoms with Crippen LogP contribution in [0.25, 0.3) is 0 Å². The van der Waals surface area contributed by atoms with E-state index in [4.69, 9.17) is 5.73 Å². The highest BCUT2D eigenvalue weighted by Crippen LogP contribution is 2.42. The van der Waals surface area contributed by atoms with Crippen molar-refractivity contribution in [1.29, 1.82) is 0 Å². The maximum absolute atomic E-state index is 6.66. The van der Waals surface area contributed by atoms with Crippen molar-refractivity contribution in [3.8, 4) is 0 Å². The van der Waals surface area contributed by atoms with Gasteiger partial charge in [-0.1, -0.05) is 63.4 Å². The lowest BCUT2D eigenvalue weighted by atomic mass is 9.64. The van der Waals surface area contributed by atoms with Gasteiger partial charge in [0.15, 0.2) is 0 Å². The van der Waals surface area contributed by atoms with Gasteiger partial charge in [0, 0.05) is 11.5 Å². The summed E-state index contributed by atoms with van der Waals surface area (Å²) in [6.07, 6.45) is 9.01. The first-order valence-corrected chi connectivity index (χ1v) is 7.96. The van der Waals surface area contributed by atoms with Crippen LogP contribution in [0.2, 0.25) is 0 Å². The largest absolute Gasteiger partial charge is 0.327 e. The lowest BCUT2D eigenvalue weighted by Gasteiger charge is -2.43. The first kappa shape index (κ1) is 14.6. The van der Waals surface area contributed by atoms with E-state index in [1.807, 2.05) is 0 Å². The number of hydrogen-bond acceptors (Lipinski definition) is 1. The standard InChI is InChI=1S/C18H29N/c1-15(2)11-12-17(19)18(13-7-4-8-14-18)16-9-5-3-6-10-16/h3,5-6,9-10,15,17H,4,7-8,11-14,19H2,1-2H3.